The first-order chi connectivity index (χ1) is 10.1. The molecule has 0 amide bonds. The van der Waals surface area contributed by atoms with Crippen molar-refractivity contribution in [2.24, 2.45) is 0 Å². The molecule has 0 radical (unpaired) electrons. The summed E-state index contributed by atoms with van der Waals surface area (Å²) in [5.41, 5.74) is 2.14. The van der Waals surface area contributed by atoms with Crippen LogP contribution in [-0.4, -0.2) is 12.1 Å². The molecule has 2 nitrogen and oxygen atoms in total. The Morgan fingerprint density at radius 2 is 1.67 bits per heavy atom. The molecule has 1 heterocycles. The molecule has 108 valence electrons. The van der Waals surface area contributed by atoms with Crippen molar-refractivity contribution in [3.8, 4) is 0 Å². The number of rotatable bonds is 2. The molecule has 21 heavy (non-hydrogen) atoms. The zero-order chi connectivity index (χ0) is 14.8. The van der Waals surface area contributed by atoms with Crippen molar-refractivity contribution in [2.45, 2.75) is 31.3 Å². The number of cyclic esters (lactones) is 1. The van der Waals surface area contributed by atoms with Gasteiger partial charge in [-0.05, 0) is 36.6 Å². The fourth-order valence-electron chi connectivity index (χ4n) is 3.04. The number of hydrogen-bond acceptors (Lipinski definition) is 2. The van der Waals surface area contributed by atoms with Gasteiger partial charge in [-0.1, -0.05) is 54.1 Å². The SMILES string of the molecule is CC1CC(c2ccccc2)C(c2ccc(Cl)cc2)C(=O)O1. The standard InChI is InChI=1S/C18H17ClO2/c1-12-11-16(13-5-3-2-4-6-13)17(18(20)21-12)14-7-9-15(19)10-8-14/h2-10,12,16-17H,11H2,1H3. The van der Waals surface area contributed by atoms with Gasteiger partial charge in [-0.15, -0.1) is 0 Å². The highest BCUT2D eigenvalue weighted by Gasteiger charge is 2.38. The third-order valence-electron chi connectivity index (χ3n) is 4.02. The van der Waals surface area contributed by atoms with E-state index in [9.17, 15) is 4.79 Å². The summed E-state index contributed by atoms with van der Waals surface area (Å²) < 4.78 is 5.46. The minimum Gasteiger partial charge on any atom is -0.462 e. The Hall–Kier alpha value is -1.80. The van der Waals surface area contributed by atoms with Crippen LogP contribution in [0.4, 0.5) is 0 Å². The highest BCUT2D eigenvalue weighted by atomic mass is 35.5. The number of ether oxygens (including phenoxy) is 1. The molecule has 1 saturated heterocycles. The van der Waals surface area contributed by atoms with Crippen molar-refractivity contribution < 1.29 is 9.53 Å². The molecule has 1 fully saturated rings. The van der Waals surface area contributed by atoms with Crippen LogP contribution >= 0.6 is 11.6 Å². The maximum absolute atomic E-state index is 12.4. The third kappa shape index (κ3) is 2.96. The van der Waals surface area contributed by atoms with Crippen LogP contribution in [-0.2, 0) is 9.53 Å². The third-order valence-corrected chi connectivity index (χ3v) is 4.27. The number of carbonyl (C=O) groups is 1. The summed E-state index contributed by atoms with van der Waals surface area (Å²) in [6, 6.07) is 17.7. The lowest BCUT2D eigenvalue weighted by atomic mass is 9.77. The molecule has 0 aliphatic carbocycles. The molecule has 0 bridgehead atoms. The van der Waals surface area contributed by atoms with Gasteiger partial charge in [0, 0.05) is 10.9 Å². The second kappa shape index (κ2) is 5.90. The van der Waals surface area contributed by atoms with Crippen molar-refractivity contribution >= 4 is 17.6 Å². The summed E-state index contributed by atoms with van der Waals surface area (Å²) in [5, 5.41) is 0.674. The molecule has 0 spiro atoms. The maximum Gasteiger partial charge on any atom is 0.314 e. The molecule has 0 saturated carbocycles. The van der Waals surface area contributed by atoms with Gasteiger partial charge < -0.3 is 4.74 Å². The van der Waals surface area contributed by atoms with Gasteiger partial charge in [0.2, 0.25) is 0 Å². The van der Waals surface area contributed by atoms with E-state index in [0.29, 0.717) is 5.02 Å². The fourth-order valence-corrected chi connectivity index (χ4v) is 3.17. The Bertz CT molecular complexity index is 621. The van der Waals surface area contributed by atoms with Gasteiger partial charge in [-0.3, -0.25) is 4.79 Å². The predicted molar refractivity (Wildman–Crippen MR) is 83.5 cm³/mol. The normalized spacial score (nSPS) is 25.4. The topological polar surface area (TPSA) is 26.3 Å². The summed E-state index contributed by atoms with van der Waals surface area (Å²) >= 11 is 5.95. The highest BCUT2D eigenvalue weighted by Crippen LogP contribution is 2.41. The zero-order valence-corrected chi connectivity index (χ0v) is 12.6. The van der Waals surface area contributed by atoms with E-state index in [1.807, 2.05) is 49.4 Å². The second-order valence-corrected chi connectivity index (χ2v) is 5.97. The first kappa shape index (κ1) is 14.2. The van der Waals surface area contributed by atoms with Crippen molar-refractivity contribution in [1.82, 2.24) is 0 Å². The Morgan fingerprint density at radius 1 is 1.00 bits per heavy atom. The van der Waals surface area contributed by atoms with E-state index in [2.05, 4.69) is 12.1 Å². The molecular weight excluding hydrogens is 284 g/mol. The fraction of sp³-hybridized carbons (Fsp3) is 0.278. The summed E-state index contributed by atoms with van der Waals surface area (Å²) in [4.78, 5) is 12.4. The Balaban J connectivity index is 2.01. The van der Waals surface area contributed by atoms with Crippen LogP contribution in [0.15, 0.2) is 54.6 Å². The van der Waals surface area contributed by atoms with Gasteiger partial charge in [0.15, 0.2) is 0 Å². The summed E-state index contributed by atoms with van der Waals surface area (Å²) in [7, 11) is 0. The van der Waals surface area contributed by atoms with Crippen LogP contribution < -0.4 is 0 Å². The highest BCUT2D eigenvalue weighted by molar-refractivity contribution is 6.30. The number of halogens is 1. The molecule has 2 aromatic carbocycles. The van der Waals surface area contributed by atoms with E-state index in [-0.39, 0.29) is 23.9 Å². The molecule has 3 unspecified atom stereocenters. The molecule has 1 aliphatic rings. The average molecular weight is 301 g/mol. The van der Waals surface area contributed by atoms with Crippen LogP contribution in [0.3, 0.4) is 0 Å². The number of hydrogen-bond donors (Lipinski definition) is 0. The Kier molecular flexibility index (Phi) is 3.98. The molecule has 3 atom stereocenters. The second-order valence-electron chi connectivity index (χ2n) is 5.53. The summed E-state index contributed by atoms with van der Waals surface area (Å²) in [6.45, 7) is 1.95. The van der Waals surface area contributed by atoms with E-state index >= 15 is 0 Å². The average Bonchev–Trinajstić information content (AvgIpc) is 2.49. The maximum atomic E-state index is 12.4. The molecule has 3 rings (SSSR count). The molecule has 3 heteroatoms. The minimum atomic E-state index is -0.263. The van der Waals surface area contributed by atoms with Gasteiger partial charge in [-0.2, -0.15) is 0 Å². The number of benzene rings is 2. The Morgan fingerprint density at radius 3 is 2.33 bits per heavy atom. The molecular formula is C18H17ClO2. The monoisotopic (exact) mass is 300 g/mol. The molecule has 0 aromatic heterocycles. The van der Waals surface area contributed by atoms with E-state index in [1.54, 1.807) is 0 Å². The van der Waals surface area contributed by atoms with Crippen LogP contribution in [0.25, 0.3) is 0 Å². The first-order valence-corrected chi connectivity index (χ1v) is 7.54. The van der Waals surface area contributed by atoms with E-state index in [1.165, 1.54) is 5.56 Å². The summed E-state index contributed by atoms with van der Waals surface area (Å²) in [5.74, 6) is -0.269. The van der Waals surface area contributed by atoms with Crippen LogP contribution in [0, 0.1) is 0 Å². The van der Waals surface area contributed by atoms with Crippen molar-refractivity contribution in [1.29, 1.82) is 0 Å². The predicted octanol–water partition coefficient (Wildman–Crippen LogP) is 4.54. The van der Waals surface area contributed by atoms with E-state index in [0.717, 1.165) is 12.0 Å². The summed E-state index contributed by atoms with van der Waals surface area (Å²) in [6.07, 6.45) is 0.787. The van der Waals surface area contributed by atoms with E-state index in [4.69, 9.17) is 16.3 Å². The van der Waals surface area contributed by atoms with E-state index < -0.39 is 0 Å². The van der Waals surface area contributed by atoms with Crippen LogP contribution in [0.5, 0.6) is 0 Å². The number of carbonyl (C=O) groups excluding carboxylic acids is 1. The quantitative estimate of drug-likeness (QED) is 0.761. The lowest BCUT2D eigenvalue weighted by molar-refractivity contribution is -0.156. The van der Waals surface area contributed by atoms with Crippen molar-refractivity contribution in [3.63, 3.8) is 0 Å². The van der Waals surface area contributed by atoms with Crippen LogP contribution in [0.1, 0.15) is 36.3 Å². The van der Waals surface area contributed by atoms with Gasteiger partial charge >= 0.3 is 5.97 Å². The first-order valence-electron chi connectivity index (χ1n) is 7.16. The lowest BCUT2D eigenvalue weighted by Crippen LogP contribution is -2.34. The van der Waals surface area contributed by atoms with Crippen LogP contribution in [0.2, 0.25) is 5.02 Å². The van der Waals surface area contributed by atoms with Gasteiger partial charge in [0.05, 0.1) is 12.0 Å². The van der Waals surface area contributed by atoms with Gasteiger partial charge in [0.25, 0.3) is 0 Å². The largest absolute Gasteiger partial charge is 0.462 e. The van der Waals surface area contributed by atoms with Crippen molar-refractivity contribution in [3.05, 3.63) is 70.7 Å². The Labute approximate surface area is 129 Å². The minimum absolute atomic E-state index is 0.0498. The molecule has 1 aliphatic heterocycles. The molecule has 2 aromatic rings. The van der Waals surface area contributed by atoms with Crippen molar-refractivity contribution in [2.75, 3.05) is 0 Å². The molecule has 0 N–H and O–H groups in total. The smallest absolute Gasteiger partial charge is 0.314 e. The van der Waals surface area contributed by atoms with Gasteiger partial charge in [0.1, 0.15) is 0 Å². The van der Waals surface area contributed by atoms with Gasteiger partial charge in [-0.25, -0.2) is 0 Å². The zero-order valence-electron chi connectivity index (χ0n) is 11.8. The lowest BCUT2D eigenvalue weighted by Gasteiger charge is -2.34. The number of esters is 1.